The number of aliphatic carboxylic acids is 1. The summed E-state index contributed by atoms with van der Waals surface area (Å²) in [5.74, 6) is -4.38. The predicted molar refractivity (Wildman–Crippen MR) is 134 cm³/mol. The minimum Gasteiger partial charge on any atom is -0.488 e. The number of methoxy groups -OCH3 is 1. The first-order chi connectivity index (χ1) is 17.9. The molecule has 0 radical (unpaired) electrons. The van der Waals surface area contributed by atoms with Gasteiger partial charge in [-0.15, -0.1) is 0 Å². The van der Waals surface area contributed by atoms with Crippen LogP contribution in [0.4, 0.5) is 17.6 Å². The van der Waals surface area contributed by atoms with E-state index < -0.39 is 23.9 Å². The molecule has 1 unspecified atom stereocenters. The highest BCUT2D eigenvalue weighted by Crippen LogP contribution is 2.39. The number of carboxylic acids is 1. The summed E-state index contributed by atoms with van der Waals surface area (Å²) < 4.78 is 57.6. The second-order valence-corrected chi connectivity index (χ2v) is 8.15. The van der Waals surface area contributed by atoms with Crippen LogP contribution in [-0.4, -0.2) is 50.0 Å². The quantitative estimate of drug-likeness (QED) is 0.252. The van der Waals surface area contributed by atoms with Crippen molar-refractivity contribution in [2.45, 2.75) is 12.1 Å². The molecule has 1 atom stereocenters. The molecule has 12 heteroatoms. The van der Waals surface area contributed by atoms with Gasteiger partial charge in [-0.25, -0.2) is 9.18 Å². The summed E-state index contributed by atoms with van der Waals surface area (Å²) in [5.41, 5.74) is 13.8. The first-order valence-corrected chi connectivity index (χ1v) is 11.4. The Balaban J connectivity index is 0.000000638. The second-order valence-electron chi connectivity index (χ2n) is 7.75. The normalized spacial score (nSPS) is 11.8. The number of amides is 1. The smallest absolute Gasteiger partial charge is 0.488 e. The molecule has 3 rings (SSSR count). The minimum atomic E-state index is -5.08. The van der Waals surface area contributed by atoms with E-state index in [0.29, 0.717) is 12.1 Å². The van der Waals surface area contributed by atoms with Crippen molar-refractivity contribution < 1.29 is 41.7 Å². The van der Waals surface area contributed by atoms with Gasteiger partial charge in [0.1, 0.15) is 6.61 Å². The van der Waals surface area contributed by atoms with Crippen LogP contribution in [0.15, 0.2) is 60.7 Å². The van der Waals surface area contributed by atoms with Crippen LogP contribution >= 0.6 is 11.6 Å². The molecule has 1 amide bonds. The first kappa shape index (κ1) is 30.6. The van der Waals surface area contributed by atoms with Gasteiger partial charge < -0.3 is 26.0 Å². The molecule has 0 aromatic heterocycles. The molecule has 3 aromatic carbocycles. The number of ether oxygens (including phenoxy) is 2. The molecule has 0 spiro atoms. The number of hydrogen-bond acceptors (Lipinski definition) is 5. The van der Waals surface area contributed by atoms with Crippen molar-refractivity contribution in [3.63, 3.8) is 0 Å². The summed E-state index contributed by atoms with van der Waals surface area (Å²) in [5, 5.41) is 7.41. The molecule has 204 valence electrons. The number of nitrogens with two attached hydrogens (primary N) is 2. The van der Waals surface area contributed by atoms with Crippen LogP contribution in [0.25, 0.3) is 11.1 Å². The molecule has 0 fully saturated rings. The molecule has 0 aliphatic rings. The standard InChI is InChI=1S/C24H24ClFN2O3.C2HF3O2/c1-30-11-12-31-21-10-8-17(24(28)29)22(23(21)26)18-13-16(7-9-20(18)25)19(14-27)15-5-3-2-4-6-15;3-2(4,5)1(6)7/h2-10,13,19H,11-12,14,27H2,1H3,(H2,28,29);(H,6,7). The van der Waals surface area contributed by atoms with Crippen LogP contribution in [0.1, 0.15) is 27.4 Å². The number of carbonyl (C=O) groups is 2. The number of benzene rings is 3. The van der Waals surface area contributed by atoms with Crippen LogP contribution in [0.5, 0.6) is 5.75 Å². The summed E-state index contributed by atoms with van der Waals surface area (Å²) in [6, 6.07) is 17.8. The Morgan fingerprint density at radius 2 is 1.66 bits per heavy atom. The lowest BCUT2D eigenvalue weighted by molar-refractivity contribution is -0.192. The van der Waals surface area contributed by atoms with Gasteiger partial charge >= 0.3 is 12.1 Å². The molecule has 0 saturated carbocycles. The molecule has 3 aromatic rings. The number of carbonyl (C=O) groups excluding carboxylic acids is 1. The second kappa shape index (κ2) is 13.8. The van der Waals surface area contributed by atoms with Crippen molar-refractivity contribution in [3.8, 4) is 16.9 Å². The Morgan fingerprint density at radius 1 is 1.03 bits per heavy atom. The Kier molecular flexibility index (Phi) is 11.1. The van der Waals surface area contributed by atoms with Crippen LogP contribution in [0.2, 0.25) is 5.02 Å². The van der Waals surface area contributed by atoms with Gasteiger partial charge in [0.15, 0.2) is 11.6 Å². The van der Waals surface area contributed by atoms with E-state index in [2.05, 4.69) is 0 Å². The number of hydrogen-bond donors (Lipinski definition) is 3. The maximum Gasteiger partial charge on any atom is 0.490 e. The Morgan fingerprint density at radius 3 is 2.18 bits per heavy atom. The summed E-state index contributed by atoms with van der Waals surface area (Å²) in [7, 11) is 1.52. The summed E-state index contributed by atoms with van der Waals surface area (Å²) in [4.78, 5) is 21.0. The van der Waals surface area contributed by atoms with Gasteiger partial charge in [-0.2, -0.15) is 13.2 Å². The lowest BCUT2D eigenvalue weighted by Gasteiger charge is -2.19. The van der Waals surface area contributed by atoms with Gasteiger partial charge in [-0.3, -0.25) is 4.79 Å². The molecule has 0 saturated heterocycles. The topological polar surface area (TPSA) is 125 Å². The number of rotatable bonds is 9. The third-order valence-corrected chi connectivity index (χ3v) is 5.59. The zero-order chi connectivity index (χ0) is 28.5. The van der Waals surface area contributed by atoms with E-state index in [9.17, 15) is 18.0 Å². The lowest BCUT2D eigenvalue weighted by atomic mass is 9.88. The number of halogens is 5. The summed E-state index contributed by atoms with van der Waals surface area (Å²) in [6.45, 7) is 0.786. The third kappa shape index (κ3) is 7.91. The average molecular weight is 557 g/mol. The molecule has 0 bridgehead atoms. The van der Waals surface area contributed by atoms with E-state index in [1.165, 1.54) is 19.2 Å². The number of carboxylic acid groups (broad SMARTS) is 1. The van der Waals surface area contributed by atoms with Crippen molar-refractivity contribution in [1.29, 1.82) is 0 Å². The van der Waals surface area contributed by atoms with E-state index in [0.717, 1.165) is 11.1 Å². The average Bonchev–Trinajstić information content (AvgIpc) is 2.87. The third-order valence-electron chi connectivity index (χ3n) is 5.26. The zero-order valence-corrected chi connectivity index (χ0v) is 20.9. The van der Waals surface area contributed by atoms with Crippen molar-refractivity contribution in [3.05, 3.63) is 88.2 Å². The molecule has 5 N–H and O–H groups in total. The molecule has 0 heterocycles. The fourth-order valence-corrected chi connectivity index (χ4v) is 3.69. The van der Waals surface area contributed by atoms with Crippen LogP contribution < -0.4 is 16.2 Å². The Hall–Kier alpha value is -3.67. The fraction of sp³-hybridized carbons (Fsp3) is 0.231. The number of primary amides is 1. The van der Waals surface area contributed by atoms with Crippen molar-refractivity contribution in [2.75, 3.05) is 26.9 Å². The molecular formula is C26H25ClF4N2O5. The van der Waals surface area contributed by atoms with Gasteiger partial charge in [-0.1, -0.05) is 48.0 Å². The highest BCUT2D eigenvalue weighted by Gasteiger charge is 2.38. The first-order valence-electron chi connectivity index (χ1n) is 11.0. The summed E-state index contributed by atoms with van der Waals surface area (Å²) in [6.07, 6.45) is -5.08. The Bertz CT molecular complexity index is 1260. The van der Waals surface area contributed by atoms with Crippen LogP contribution in [0, 0.1) is 5.82 Å². The molecule has 7 nitrogen and oxygen atoms in total. The zero-order valence-electron chi connectivity index (χ0n) is 20.1. The van der Waals surface area contributed by atoms with Crippen molar-refractivity contribution >= 4 is 23.5 Å². The van der Waals surface area contributed by atoms with Crippen LogP contribution in [-0.2, 0) is 9.53 Å². The van der Waals surface area contributed by atoms with E-state index in [-0.39, 0.29) is 41.0 Å². The van der Waals surface area contributed by atoms with E-state index in [1.54, 1.807) is 12.1 Å². The summed E-state index contributed by atoms with van der Waals surface area (Å²) >= 11 is 6.44. The Labute approximate surface area is 220 Å². The van der Waals surface area contributed by atoms with Crippen LogP contribution in [0.3, 0.4) is 0 Å². The minimum absolute atomic E-state index is 0.00176. The maximum atomic E-state index is 15.5. The molecule has 0 aliphatic carbocycles. The van der Waals surface area contributed by atoms with Gasteiger partial charge in [0.25, 0.3) is 0 Å². The lowest BCUT2D eigenvalue weighted by Crippen LogP contribution is -2.21. The maximum absolute atomic E-state index is 15.5. The number of alkyl halides is 3. The van der Waals surface area contributed by atoms with Gasteiger partial charge in [0.2, 0.25) is 5.91 Å². The predicted octanol–water partition coefficient (Wildman–Crippen LogP) is 4.99. The largest absolute Gasteiger partial charge is 0.490 e. The fourth-order valence-electron chi connectivity index (χ4n) is 3.47. The van der Waals surface area contributed by atoms with Gasteiger partial charge in [0, 0.05) is 35.7 Å². The highest BCUT2D eigenvalue weighted by atomic mass is 35.5. The van der Waals surface area contributed by atoms with Gasteiger partial charge in [0.05, 0.1) is 12.2 Å². The molecule has 0 aliphatic heterocycles. The van der Waals surface area contributed by atoms with E-state index in [4.69, 9.17) is 42.4 Å². The molecule has 38 heavy (non-hydrogen) atoms. The highest BCUT2D eigenvalue weighted by molar-refractivity contribution is 6.33. The van der Waals surface area contributed by atoms with Crippen molar-refractivity contribution in [1.82, 2.24) is 0 Å². The monoisotopic (exact) mass is 556 g/mol. The van der Waals surface area contributed by atoms with Gasteiger partial charge in [-0.05, 0) is 35.4 Å². The van der Waals surface area contributed by atoms with E-state index in [1.807, 2.05) is 36.4 Å². The SMILES string of the molecule is COCCOc1ccc(C(N)=O)c(-c2cc(C(CN)c3ccccc3)ccc2Cl)c1F.O=C(O)C(F)(F)F. The van der Waals surface area contributed by atoms with E-state index >= 15 is 4.39 Å². The van der Waals surface area contributed by atoms with Crippen molar-refractivity contribution in [2.24, 2.45) is 11.5 Å². The molecular weight excluding hydrogens is 532 g/mol.